The molecule has 1 unspecified atom stereocenters. The van der Waals surface area contributed by atoms with Crippen molar-refractivity contribution in [3.05, 3.63) is 29.6 Å². The van der Waals surface area contributed by atoms with Gasteiger partial charge in [0.2, 0.25) is 0 Å². The van der Waals surface area contributed by atoms with E-state index in [0.29, 0.717) is 5.56 Å². The average molecular weight is 205 g/mol. The molecule has 0 radical (unpaired) electrons. The van der Waals surface area contributed by atoms with Gasteiger partial charge in [0.15, 0.2) is 0 Å². The van der Waals surface area contributed by atoms with Crippen molar-refractivity contribution in [2.75, 3.05) is 6.54 Å². The number of carbonyl (C=O) groups excluding carboxylic acids is 1. The number of nitrogens with two attached hydrogens (primary N) is 1. The van der Waals surface area contributed by atoms with Crippen molar-refractivity contribution in [2.45, 2.75) is 25.3 Å². The van der Waals surface area contributed by atoms with Crippen molar-refractivity contribution in [2.24, 2.45) is 5.73 Å². The largest absolute Gasteiger partial charge is 0.366 e. The number of aromatic nitrogens is 1. The van der Waals surface area contributed by atoms with E-state index in [1.165, 1.54) is 12.8 Å². The van der Waals surface area contributed by atoms with Crippen LogP contribution in [-0.4, -0.2) is 17.4 Å². The Labute approximate surface area is 88.9 Å². The van der Waals surface area contributed by atoms with Crippen LogP contribution in [0.3, 0.4) is 0 Å². The summed E-state index contributed by atoms with van der Waals surface area (Å²) in [7, 11) is 0. The molecular weight excluding hydrogens is 190 g/mol. The maximum absolute atomic E-state index is 11.2. The summed E-state index contributed by atoms with van der Waals surface area (Å²) in [5.74, 6) is -0.398. The molecule has 4 heteroatoms. The molecule has 1 atom stereocenters. The van der Waals surface area contributed by atoms with Gasteiger partial charge in [0.05, 0.1) is 17.3 Å². The summed E-state index contributed by atoms with van der Waals surface area (Å²) in [6.45, 7) is 0.986. The number of nitrogens with one attached hydrogen (secondary N) is 1. The van der Waals surface area contributed by atoms with Crippen LogP contribution in [0.1, 0.15) is 41.4 Å². The third kappa shape index (κ3) is 2.15. The van der Waals surface area contributed by atoms with Gasteiger partial charge in [0.1, 0.15) is 0 Å². The average Bonchev–Trinajstić information content (AvgIpc) is 2.30. The number of rotatable bonds is 2. The molecule has 2 rings (SSSR count). The third-order valence-electron chi connectivity index (χ3n) is 2.74. The minimum absolute atomic E-state index is 0.183. The summed E-state index contributed by atoms with van der Waals surface area (Å²) in [4.78, 5) is 15.5. The van der Waals surface area contributed by atoms with Crippen LogP contribution in [-0.2, 0) is 0 Å². The number of hydrogen-bond donors (Lipinski definition) is 2. The molecule has 2 heterocycles. The molecule has 4 nitrogen and oxygen atoms in total. The minimum atomic E-state index is -0.398. The van der Waals surface area contributed by atoms with Gasteiger partial charge in [-0.15, -0.1) is 0 Å². The molecule has 1 amide bonds. The fourth-order valence-electron chi connectivity index (χ4n) is 1.99. The Morgan fingerprint density at radius 1 is 1.53 bits per heavy atom. The van der Waals surface area contributed by atoms with Crippen molar-refractivity contribution in [1.82, 2.24) is 10.3 Å². The molecule has 0 bridgehead atoms. The van der Waals surface area contributed by atoms with Crippen molar-refractivity contribution >= 4 is 5.91 Å². The lowest BCUT2D eigenvalue weighted by Crippen LogP contribution is -2.29. The molecule has 1 aromatic heterocycles. The standard InChI is InChI=1S/C11H15N3O/c12-11(15)8-4-3-7-14-10(8)9-5-1-2-6-13-9/h3-4,7,9,13H,1-2,5-6H2,(H2,12,15). The molecule has 0 spiro atoms. The molecule has 15 heavy (non-hydrogen) atoms. The van der Waals surface area contributed by atoms with E-state index >= 15 is 0 Å². The van der Waals surface area contributed by atoms with Gasteiger partial charge in [0.25, 0.3) is 5.91 Å². The van der Waals surface area contributed by atoms with Gasteiger partial charge in [0, 0.05) is 6.20 Å². The molecular formula is C11H15N3O. The third-order valence-corrected chi connectivity index (χ3v) is 2.74. The second-order valence-electron chi connectivity index (χ2n) is 3.80. The van der Waals surface area contributed by atoms with E-state index in [2.05, 4.69) is 10.3 Å². The zero-order chi connectivity index (χ0) is 10.7. The first-order chi connectivity index (χ1) is 7.29. The maximum Gasteiger partial charge on any atom is 0.250 e. The first kappa shape index (κ1) is 10.1. The van der Waals surface area contributed by atoms with E-state index in [1.807, 2.05) is 0 Å². The van der Waals surface area contributed by atoms with Crippen LogP contribution in [0.4, 0.5) is 0 Å². The highest BCUT2D eigenvalue weighted by Gasteiger charge is 2.20. The Balaban J connectivity index is 2.29. The van der Waals surface area contributed by atoms with Crippen LogP contribution in [0.25, 0.3) is 0 Å². The number of amides is 1. The first-order valence-corrected chi connectivity index (χ1v) is 5.27. The number of piperidine rings is 1. The SMILES string of the molecule is NC(=O)c1cccnc1C1CCCCN1. The summed E-state index contributed by atoms with van der Waals surface area (Å²) in [6, 6.07) is 3.66. The number of carbonyl (C=O) groups is 1. The fraction of sp³-hybridized carbons (Fsp3) is 0.455. The zero-order valence-corrected chi connectivity index (χ0v) is 8.57. The molecule has 0 saturated carbocycles. The monoisotopic (exact) mass is 205 g/mol. The molecule has 80 valence electrons. The molecule has 0 aliphatic carbocycles. The summed E-state index contributed by atoms with van der Waals surface area (Å²) in [6.07, 6.45) is 5.09. The molecule has 1 aliphatic rings. The van der Waals surface area contributed by atoms with Gasteiger partial charge >= 0.3 is 0 Å². The molecule has 1 fully saturated rings. The predicted octanol–water partition coefficient (Wildman–Crippen LogP) is 0.995. The van der Waals surface area contributed by atoms with Crippen molar-refractivity contribution in [3.63, 3.8) is 0 Å². The van der Waals surface area contributed by atoms with E-state index < -0.39 is 5.91 Å². The lowest BCUT2D eigenvalue weighted by Gasteiger charge is -2.24. The lowest BCUT2D eigenvalue weighted by atomic mass is 9.98. The number of pyridine rings is 1. The highest BCUT2D eigenvalue weighted by molar-refractivity contribution is 5.93. The van der Waals surface area contributed by atoms with Crippen molar-refractivity contribution in [3.8, 4) is 0 Å². The summed E-state index contributed by atoms with van der Waals surface area (Å²) >= 11 is 0. The van der Waals surface area contributed by atoms with Crippen LogP contribution >= 0.6 is 0 Å². The Bertz CT molecular complexity index is 359. The Hall–Kier alpha value is -1.42. The van der Waals surface area contributed by atoms with E-state index in [-0.39, 0.29) is 6.04 Å². The quantitative estimate of drug-likeness (QED) is 0.756. The minimum Gasteiger partial charge on any atom is -0.366 e. The van der Waals surface area contributed by atoms with Crippen molar-refractivity contribution < 1.29 is 4.79 Å². The number of nitrogens with zero attached hydrogens (tertiary/aromatic N) is 1. The Morgan fingerprint density at radius 2 is 2.40 bits per heavy atom. The van der Waals surface area contributed by atoms with Gasteiger partial charge in [-0.1, -0.05) is 6.42 Å². The normalized spacial score (nSPS) is 21.2. The zero-order valence-electron chi connectivity index (χ0n) is 8.57. The Kier molecular flexibility index (Phi) is 2.97. The fourth-order valence-corrected chi connectivity index (χ4v) is 1.99. The molecule has 3 N–H and O–H groups in total. The molecule has 1 aromatic rings. The second-order valence-corrected chi connectivity index (χ2v) is 3.80. The van der Waals surface area contributed by atoms with E-state index in [0.717, 1.165) is 18.7 Å². The van der Waals surface area contributed by atoms with Gasteiger partial charge in [-0.05, 0) is 31.5 Å². The highest BCUT2D eigenvalue weighted by atomic mass is 16.1. The predicted molar refractivity (Wildman–Crippen MR) is 57.3 cm³/mol. The van der Waals surface area contributed by atoms with Crippen LogP contribution < -0.4 is 11.1 Å². The van der Waals surface area contributed by atoms with Crippen LogP contribution in [0, 0.1) is 0 Å². The van der Waals surface area contributed by atoms with Crippen LogP contribution in [0.2, 0.25) is 0 Å². The lowest BCUT2D eigenvalue weighted by molar-refractivity contribution is 0.0998. The number of primary amides is 1. The summed E-state index contributed by atoms with van der Waals surface area (Å²) in [5.41, 5.74) is 6.65. The van der Waals surface area contributed by atoms with Crippen LogP contribution in [0.5, 0.6) is 0 Å². The summed E-state index contributed by atoms with van der Waals surface area (Å²) < 4.78 is 0. The Morgan fingerprint density at radius 3 is 3.07 bits per heavy atom. The second kappa shape index (κ2) is 4.40. The number of hydrogen-bond acceptors (Lipinski definition) is 3. The topological polar surface area (TPSA) is 68.0 Å². The summed E-state index contributed by atoms with van der Waals surface area (Å²) in [5, 5.41) is 3.36. The molecule has 1 saturated heterocycles. The van der Waals surface area contributed by atoms with Gasteiger partial charge < -0.3 is 11.1 Å². The molecule has 0 aromatic carbocycles. The van der Waals surface area contributed by atoms with Crippen molar-refractivity contribution in [1.29, 1.82) is 0 Å². The highest BCUT2D eigenvalue weighted by Crippen LogP contribution is 2.23. The maximum atomic E-state index is 11.2. The first-order valence-electron chi connectivity index (χ1n) is 5.27. The van der Waals surface area contributed by atoms with E-state index in [9.17, 15) is 4.79 Å². The van der Waals surface area contributed by atoms with Gasteiger partial charge in [-0.3, -0.25) is 9.78 Å². The van der Waals surface area contributed by atoms with Crippen LogP contribution in [0.15, 0.2) is 18.3 Å². The van der Waals surface area contributed by atoms with Gasteiger partial charge in [-0.25, -0.2) is 0 Å². The van der Waals surface area contributed by atoms with E-state index in [1.54, 1.807) is 18.3 Å². The van der Waals surface area contributed by atoms with Gasteiger partial charge in [-0.2, -0.15) is 0 Å². The van der Waals surface area contributed by atoms with E-state index in [4.69, 9.17) is 5.73 Å². The smallest absolute Gasteiger partial charge is 0.250 e. The molecule has 1 aliphatic heterocycles.